The molecule has 0 aliphatic rings. The van der Waals surface area contributed by atoms with Crippen molar-refractivity contribution in [2.75, 3.05) is 7.11 Å². The molecule has 0 bridgehead atoms. The van der Waals surface area contributed by atoms with Crippen LogP contribution in [0.15, 0.2) is 60.9 Å². The van der Waals surface area contributed by atoms with Crippen LogP contribution in [0.5, 0.6) is 11.5 Å². The number of para-hydroxylation sites is 1. The molecule has 2 rings (SSSR count). The average Bonchev–Trinajstić information content (AvgIpc) is 2.50. The largest absolute Gasteiger partial charge is 0.504 e. The molecular formula is C17H19NO3. The van der Waals surface area contributed by atoms with Gasteiger partial charge in [-0.05, 0) is 11.6 Å². The number of benzene rings is 2. The van der Waals surface area contributed by atoms with E-state index in [1.165, 1.54) is 7.11 Å². The maximum absolute atomic E-state index is 9.95. The highest BCUT2D eigenvalue weighted by Gasteiger charge is 2.07. The van der Waals surface area contributed by atoms with E-state index < -0.39 is 0 Å². The topological polar surface area (TPSA) is 50.7 Å². The fourth-order valence-corrected chi connectivity index (χ4v) is 1.95. The summed E-state index contributed by atoms with van der Waals surface area (Å²) >= 11 is 0. The van der Waals surface area contributed by atoms with Crippen molar-refractivity contribution >= 4 is 0 Å². The zero-order valence-corrected chi connectivity index (χ0v) is 12.0. The second-order valence-corrected chi connectivity index (χ2v) is 4.59. The van der Waals surface area contributed by atoms with Crippen LogP contribution in [0.2, 0.25) is 0 Å². The molecular weight excluding hydrogens is 266 g/mol. The number of phenols is 1. The number of ether oxygens (including phenoxy) is 1. The fourth-order valence-electron chi connectivity index (χ4n) is 1.95. The molecule has 0 spiro atoms. The van der Waals surface area contributed by atoms with E-state index in [9.17, 15) is 5.11 Å². The van der Waals surface area contributed by atoms with Crippen LogP contribution in [-0.4, -0.2) is 12.2 Å². The Morgan fingerprint density at radius 2 is 1.90 bits per heavy atom. The van der Waals surface area contributed by atoms with Gasteiger partial charge in [0, 0.05) is 12.0 Å². The molecule has 2 aromatic rings. The number of hydrogen-bond donors (Lipinski definition) is 2. The molecule has 0 saturated carbocycles. The third kappa shape index (κ3) is 4.26. The zero-order chi connectivity index (χ0) is 15.1. The van der Waals surface area contributed by atoms with Crippen LogP contribution in [0.25, 0.3) is 0 Å². The van der Waals surface area contributed by atoms with Crippen LogP contribution in [0, 0.1) is 0 Å². The number of hydroxylamine groups is 1. The maximum Gasteiger partial charge on any atom is 0.162 e. The SMILES string of the molecule is C=C(Cc1ccccc1)ONCc1cccc(OC)c1O. The normalized spacial score (nSPS) is 10.1. The lowest BCUT2D eigenvalue weighted by Crippen LogP contribution is -2.14. The highest BCUT2D eigenvalue weighted by Crippen LogP contribution is 2.29. The second-order valence-electron chi connectivity index (χ2n) is 4.59. The first-order valence-corrected chi connectivity index (χ1v) is 6.67. The van der Waals surface area contributed by atoms with Crippen molar-refractivity contribution in [1.29, 1.82) is 0 Å². The summed E-state index contributed by atoms with van der Waals surface area (Å²) in [5.41, 5.74) is 4.63. The Morgan fingerprint density at radius 3 is 2.62 bits per heavy atom. The summed E-state index contributed by atoms with van der Waals surface area (Å²) in [6, 6.07) is 15.3. The number of phenolic OH excluding ortho intramolecular Hbond substituents is 1. The third-order valence-corrected chi connectivity index (χ3v) is 3.03. The number of nitrogens with one attached hydrogen (secondary N) is 1. The van der Waals surface area contributed by atoms with E-state index in [4.69, 9.17) is 9.57 Å². The van der Waals surface area contributed by atoms with Gasteiger partial charge in [0.2, 0.25) is 0 Å². The lowest BCUT2D eigenvalue weighted by Gasteiger charge is -2.12. The van der Waals surface area contributed by atoms with Crippen molar-refractivity contribution in [1.82, 2.24) is 5.48 Å². The van der Waals surface area contributed by atoms with Gasteiger partial charge in [0.1, 0.15) is 5.76 Å². The minimum Gasteiger partial charge on any atom is -0.504 e. The van der Waals surface area contributed by atoms with E-state index in [1.54, 1.807) is 12.1 Å². The molecule has 2 aromatic carbocycles. The van der Waals surface area contributed by atoms with Gasteiger partial charge < -0.3 is 14.7 Å². The number of methoxy groups -OCH3 is 1. The predicted molar refractivity (Wildman–Crippen MR) is 81.9 cm³/mol. The van der Waals surface area contributed by atoms with E-state index in [0.29, 0.717) is 30.0 Å². The van der Waals surface area contributed by atoms with Crippen LogP contribution >= 0.6 is 0 Å². The van der Waals surface area contributed by atoms with Crippen LogP contribution in [0.3, 0.4) is 0 Å². The number of hydrogen-bond acceptors (Lipinski definition) is 4. The van der Waals surface area contributed by atoms with Crippen LogP contribution in [0.4, 0.5) is 0 Å². The summed E-state index contributed by atoms with van der Waals surface area (Å²) in [5, 5.41) is 9.95. The Kier molecular flexibility index (Phi) is 5.23. The molecule has 0 radical (unpaired) electrons. The Bertz CT molecular complexity index is 596. The fraction of sp³-hybridized carbons (Fsp3) is 0.176. The first-order valence-electron chi connectivity index (χ1n) is 6.67. The molecule has 0 aliphatic carbocycles. The number of rotatable bonds is 7. The highest BCUT2D eigenvalue weighted by atomic mass is 16.6. The molecule has 4 nitrogen and oxygen atoms in total. The van der Waals surface area contributed by atoms with Crippen molar-refractivity contribution in [2.24, 2.45) is 0 Å². The van der Waals surface area contributed by atoms with Crippen molar-refractivity contribution in [2.45, 2.75) is 13.0 Å². The highest BCUT2D eigenvalue weighted by molar-refractivity contribution is 5.45. The molecule has 0 aliphatic heterocycles. The molecule has 110 valence electrons. The van der Waals surface area contributed by atoms with Gasteiger partial charge >= 0.3 is 0 Å². The van der Waals surface area contributed by atoms with E-state index >= 15 is 0 Å². The Labute approximate surface area is 124 Å². The molecule has 0 saturated heterocycles. The molecule has 0 atom stereocenters. The number of aromatic hydroxyl groups is 1. The summed E-state index contributed by atoms with van der Waals surface area (Å²) in [7, 11) is 1.52. The summed E-state index contributed by atoms with van der Waals surface area (Å²) < 4.78 is 5.06. The first kappa shape index (κ1) is 14.9. The van der Waals surface area contributed by atoms with E-state index in [0.717, 1.165) is 5.56 Å². The quantitative estimate of drug-likeness (QED) is 0.606. The monoisotopic (exact) mass is 285 g/mol. The molecule has 21 heavy (non-hydrogen) atoms. The molecule has 0 aromatic heterocycles. The maximum atomic E-state index is 9.95. The minimum atomic E-state index is 0.116. The smallest absolute Gasteiger partial charge is 0.162 e. The number of allylic oxidation sites excluding steroid dienone is 1. The van der Waals surface area contributed by atoms with E-state index in [2.05, 4.69) is 12.1 Å². The standard InChI is InChI=1S/C17H19NO3/c1-13(11-14-7-4-3-5-8-14)21-18-12-15-9-6-10-16(20-2)17(15)19/h3-10,18-19H,1,11-12H2,2H3. The van der Waals surface area contributed by atoms with E-state index in [1.807, 2.05) is 36.4 Å². The Morgan fingerprint density at radius 1 is 1.14 bits per heavy atom. The summed E-state index contributed by atoms with van der Waals surface area (Å²) in [4.78, 5) is 5.38. The predicted octanol–water partition coefficient (Wildman–Crippen LogP) is 3.18. The van der Waals surface area contributed by atoms with Gasteiger partial charge in [-0.1, -0.05) is 49.0 Å². The van der Waals surface area contributed by atoms with Crippen molar-refractivity contribution in [3.8, 4) is 11.5 Å². The van der Waals surface area contributed by atoms with Gasteiger partial charge in [-0.2, -0.15) is 5.48 Å². The third-order valence-electron chi connectivity index (χ3n) is 3.03. The lowest BCUT2D eigenvalue weighted by atomic mass is 10.1. The van der Waals surface area contributed by atoms with Crippen molar-refractivity contribution in [3.63, 3.8) is 0 Å². The Balaban J connectivity index is 1.83. The molecule has 2 N–H and O–H groups in total. The van der Waals surface area contributed by atoms with Gasteiger partial charge in [0.15, 0.2) is 11.5 Å². The molecule has 0 fully saturated rings. The van der Waals surface area contributed by atoms with Gasteiger partial charge in [-0.25, -0.2) is 0 Å². The van der Waals surface area contributed by atoms with Crippen molar-refractivity contribution in [3.05, 3.63) is 72.0 Å². The zero-order valence-electron chi connectivity index (χ0n) is 12.0. The van der Waals surface area contributed by atoms with Crippen LogP contribution < -0.4 is 10.2 Å². The molecule has 0 amide bonds. The minimum absolute atomic E-state index is 0.116. The first-order chi connectivity index (χ1) is 10.2. The van der Waals surface area contributed by atoms with Gasteiger partial charge in [0.25, 0.3) is 0 Å². The lowest BCUT2D eigenvalue weighted by molar-refractivity contribution is 0.0967. The molecule has 0 unspecified atom stereocenters. The van der Waals surface area contributed by atoms with Crippen LogP contribution in [-0.2, 0) is 17.8 Å². The average molecular weight is 285 g/mol. The Hall–Kier alpha value is -2.46. The molecule has 0 heterocycles. The van der Waals surface area contributed by atoms with Crippen molar-refractivity contribution < 1.29 is 14.7 Å². The summed E-state index contributed by atoms with van der Waals surface area (Å²) in [6.45, 7) is 4.22. The van der Waals surface area contributed by atoms with E-state index in [-0.39, 0.29) is 5.75 Å². The molecule has 4 heteroatoms. The second kappa shape index (κ2) is 7.36. The van der Waals surface area contributed by atoms with Crippen LogP contribution in [0.1, 0.15) is 11.1 Å². The summed E-state index contributed by atoms with van der Waals surface area (Å²) in [6.07, 6.45) is 0.637. The van der Waals surface area contributed by atoms with Gasteiger partial charge in [0.05, 0.1) is 13.7 Å². The van der Waals surface area contributed by atoms with Gasteiger partial charge in [-0.15, -0.1) is 0 Å². The summed E-state index contributed by atoms with van der Waals surface area (Å²) in [5.74, 6) is 1.17. The van der Waals surface area contributed by atoms with Gasteiger partial charge in [-0.3, -0.25) is 0 Å².